The largest absolute Gasteiger partial charge is 0.493 e. The summed E-state index contributed by atoms with van der Waals surface area (Å²) in [6.45, 7) is 1.66. The van der Waals surface area contributed by atoms with Crippen molar-refractivity contribution in [3.8, 4) is 5.75 Å². The van der Waals surface area contributed by atoms with Gasteiger partial charge < -0.3 is 10.1 Å². The van der Waals surface area contributed by atoms with Gasteiger partial charge in [0, 0.05) is 10.6 Å². The second-order valence-corrected chi connectivity index (χ2v) is 5.76. The molecular weight excluding hydrogens is 364 g/mol. The van der Waals surface area contributed by atoms with Crippen molar-refractivity contribution in [2.75, 3.05) is 12.4 Å². The number of benzene rings is 2. The summed E-state index contributed by atoms with van der Waals surface area (Å²) in [6, 6.07) is 6.51. The minimum Gasteiger partial charge on any atom is -0.493 e. The summed E-state index contributed by atoms with van der Waals surface area (Å²) in [5.74, 6) is -0.687. The van der Waals surface area contributed by atoms with E-state index in [1.807, 2.05) is 0 Å². The van der Waals surface area contributed by atoms with Gasteiger partial charge in [0.15, 0.2) is 5.75 Å². The lowest BCUT2D eigenvalue weighted by Gasteiger charge is -2.20. The number of halogens is 4. The monoisotopic (exact) mass is 375 g/mol. The van der Waals surface area contributed by atoms with Crippen LogP contribution in [0.2, 0.25) is 5.02 Å². The zero-order valence-corrected chi connectivity index (χ0v) is 13.7. The molecule has 0 heterocycles. The fraction of sp³-hybridized carbons (Fsp3) is 0.200. The van der Waals surface area contributed by atoms with Gasteiger partial charge in [0.05, 0.1) is 23.3 Å². The lowest BCUT2D eigenvalue weighted by molar-refractivity contribution is 0.413. The number of nitrogens with one attached hydrogen (secondary N) is 1. The fourth-order valence-electron chi connectivity index (χ4n) is 2.10. The molecule has 1 atom stereocenters. The molecule has 0 saturated heterocycles. The van der Waals surface area contributed by atoms with Crippen molar-refractivity contribution >= 4 is 33.2 Å². The number of rotatable bonds is 4. The van der Waals surface area contributed by atoms with E-state index in [2.05, 4.69) is 21.2 Å². The number of hydrogen-bond acceptors (Lipinski definition) is 2. The summed E-state index contributed by atoms with van der Waals surface area (Å²) in [4.78, 5) is 0. The molecular formula is C15H13BrClF2NO. The predicted octanol–water partition coefficient (Wildman–Crippen LogP) is 5.56. The first-order valence-electron chi connectivity index (χ1n) is 6.17. The highest BCUT2D eigenvalue weighted by Crippen LogP contribution is 2.38. The minimum absolute atomic E-state index is 0.0318. The summed E-state index contributed by atoms with van der Waals surface area (Å²) < 4.78 is 33.5. The molecule has 0 bridgehead atoms. The quantitative estimate of drug-likeness (QED) is 0.754. The molecule has 21 heavy (non-hydrogen) atoms. The third-order valence-corrected chi connectivity index (χ3v) is 3.82. The van der Waals surface area contributed by atoms with Gasteiger partial charge in [-0.2, -0.15) is 0 Å². The van der Waals surface area contributed by atoms with Crippen LogP contribution in [-0.2, 0) is 0 Å². The second-order valence-electron chi connectivity index (χ2n) is 4.47. The molecule has 112 valence electrons. The van der Waals surface area contributed by atoms with E-state index in [0.717, 1.165) is 0 Å². The molecule has 1 N–H and O–H groups in total. The zero-order valence-electron chi connectivity index (χ0n) is 11.4. The van der Waals surface area contributed by atoms with Gasteiger partial charge in [-0.15, -0.1) is 0 Å². The predicted molar refractivity (Wildman–Crippen MR) is 84.1 cm³/mol. The Morgan fingerprint density at radius 3 is 2.43 bits per heavy atom. The Morgan fingerprint density at radius 1 is 1.24 bits per heavy atom. The maximum Gasteiger partial charge on any atom is 0.156 e. The Labute approximate surface area is 135 Å². The van der Waals surface area contributed by atoms with E-state index in [-0.39, 0.29) is 5.56 Å². The Kier molecular flexibility index (Phi) is 5.06. The van der Waals surface area contributed by atoms with E-state index in [1.165, 1.54) is 25.3 Å². The average Bonchev–Trinajstić information content (AvgIpc) is 2.37. The van der Waals surface area contributed by atoms with Crippen LogP contribution in [0.1, 0.15) is 18.5 Å². The molecule has 0 spiro atoms. The molecule has 2 aromatic carbocycles. The highest BCUT2D eigenvalue weighted by atomic mass is 79.9. The van der Waals surface area contributed by atoms with Gasteiger partial charge in [0.25, 0.3) is 0 Å². The molecule has 0 amide bonds. The highest BCUT2D eigenvalue weighted by Gasteiger charge is 2.18. The smallest absolute Gasteiger partial charge is 0.156 e. The van der Waals surface area contributed by atoms with E-state index < -0.39 is 17.7 Å². The van der Waals surface area contributed by atoms with Crippen molar-refractivity contribution in [2.24, 2.45) is 0 Å². The first kappa shape index (κ1) is 16.0. The highest BCUT2D eigenvalue weighted by molar-refractivity contribution is 9.10. The summed E-state index contributed by atoms with van der Waals surface area (Å²) in [5.41, 5.74) is 0.516. The molecule has 2 aromatic rings. The van der Waals surface area contributed by atoms with Crippen LogP contribution in [0.3, 0.4) is 0 Å². The SMILES string of the molecule is COc1c(Br)cc(Cl)cc1NC(C)c1c(F)cccc1F. The normalized spacial score (nSPS) is 12.1. The lowest BCUT2D eigenvalue weighted by atomic mass is 10.1. The molecule has 6 heteroatoms. The number of hydrogen-bond donors (Lipinski definition) is 1. The molecule has 2 nitrogen and oxygen atoms in total. The number of anilines is 1. The first-order valence-corrected chi connectivity index (χ1v) is 7.34. The third kappa shape index (κ3) is 3.47. The molecule has 1 unspecified atom stereocenters. The Hall–Kier alpha value is -1.33. The van der Waals surface area contributed by atoms with Gasteiger partial charge in [0.2, 0.25) is 0 Å². The van der Waals surface area contributed by atoms with E-state index >= 15 is 0 Å². The van der Waals surface area contributed by atoms with Crippen molar-refractivity contribution in [3.05, 3.63) is 57.0 Å². The van der Waals surface area contributed by atoms with E-state index in [1.54, 1.807) is 19.1 Å². The average molecular weight is 377 g/mol. The molecule has 0 radical (unpaired) electrons. The van der Waals surface area contributed by atoms with Crippen molar-refractivity contribution < 1.29 is 13.5 Å². The molecule has 0 saturated carbocycles. The van der Waals surface area contributed by atoms with Gasteiger partial charge in [-0.25, -0.2) is 8.78 Å². The van der Waals surface area contributed by atoms with E-state index in [4.69, 9.17) is 16.3 Å². The van der Waals surface area contributed by atoms with Crippen LogP contribution in [-0.4, -0.2) is 7.11 Å². The van der Waals surface area contributed by atoms with Crippen molar-refractivity contribution in [1.82, 2.24) is 0 Å². The topological polar surface area (TPSA) is 21.3 Å². The lowest BCUT2D eigenvalue weighted by Crippen LogP contribution is -2.11. The van der Waals surface area contributed by atoms with Gasteiger partial charge in [0.1, 0.15) is 11.6 Å². The number of methoxy groups -OCH3 is 1. The minimum atomic E-state index is -0.602. The molecule has 0 aliphatic rings. The number of ether oxygens (including phenoxy) is 1. The first-order chi connectivity index (χ1) is 9.93. The van der Waals surface area contributed by atoms with Crippen LogP contribution < -0.4 is 10.1 Å². The van der Waals surface area contributed by atoms with Crippen LogP contribution in [0.25, 0.3) is 0 Å². The maximum absolute atomic E-state index is 13.8. The second kappa shape index (κ2) is 6.62. The molecule has 0 aliphatic heterocycles. The van der Waals surface area contributed by atoms with Gasteiger partial charge in [-0.3, -0.25) is 0 Å². The van der Waals surface area contributed by atoms with Crippen LogP contribution in [0.4, 0.5) is 14.5 Å². The summed E-state index contributed by atoms with van der Waals surface area (Å²) in [5, 5.41) is 3.50. The molecule has 0 fully saturated rings. The Bertz CT molecular complexity index is 646. The van der Waals surface area contributed by atoms with Crippen LogP contribution in [0.5, 0.6) is 5.75 Å². The van der Waals surface area contributed by atoms with Crippen molar-refractivity contribution in [3.63, 3.8) is 0 Å². The molecule has 0 aliphatic carbocycles. The fourth-order valence-corrected chi connectivity index (χ4v) is 3.08. The standard InChI is InChI=1S/C15H13BrClF2NO/c1-8(14-11(18)4-3-5-12(14)19)20-13-7-9(17)6-10(16)15(13)21-2/h3-8,20H,1-2H3. The third-order valence-electron chi connectivity index (χ3n) is 3.02. The van der Waals surface area contributed by atoms with Crippen molar-refractivity contribution in [2.45, 2.75) is 13.0 Å². The maximum atomic E-state index is 13.8. The summed E-state index contributed by atoms with van der Waals surface area (Å²) >= 11 is 9.33. The van der Waals surface area contributed by atoms with Crippen LogP contribution >= 0.6 is 27.5 Å². The van der Waals surface area contributed by atoms with Gasteiger partial charge in [-0.1, -0.05) is 17.7 Å². The molecule has 2 rings (SSSR count). The summed E-state index contributed by atoms with van der Waals surface area (Å²) in [7, 11) is 1.51. The van der Waals surface area contributed by atoms with Gasteiger partial charge >= 0.3 is 0 Å². The Morgan fingerprint density at radius 2 is 1.86 bits per heavy atom. The van der Waals surface area contributed by atoms with Crippen LogP contribution in [0.15, 0.2) is 34.8 Å². The Balaban J connectivity index is 2.38. The van der Waals surface area contributed by atoms with Gasteiger partial charge in [-0.05, 0) is 47.1 Å². The van der Waals surface area contributed by atoms with Crippen molar-refractivity contribution in [1.29, 1.82) is 0 Å². The van der Waals surface area contributed by atoms with E-state index in [0.29, 0.717) is 20.9 Å². The molecule has 0 aromatic heterocycles. The van der Waals surface area contributed by atoms with E-state index in [9.17, 15) is 8.78 Å². The van der Waals surface area contributed by atoms with Crippen LogP contribution in [0, 0.1) is 11.6 Å². The zero-order chi connectivity index (χ0) is 15.6. The summed E-state index contributed by atoms with van der Waals surface area (Å²) in [6.07, 6.45) is 0.